The second-order valence-corrected chi connectivity index (χ2v) is 7.24. The molecule has 0 bridgehead atoms. The Morgan fingerprint density at radius 1 is 1.37 bits per heavy atom. The Bertz CT molecular complexity index is 484. The second-order valence-electron chi connectivity index (χ2n) is 4.98. The van der Waals surface area contributed by atoms with Crippen LogP contribution in [0.3, 0.4) is 0 Å². The molecule has 1 aliphatic rings. The van der Waals surface area contributed by atoms with Crippen molar-refractivity contribution in [3.8, 4) is 0 Å². The number of piperidine rings is 1. The van der Waals surface area contributed by atoms with Crippen LogP contribution in [-0.2, 0) is 9.84 Å². The lowest BCUT2D eigenvalue weighted by Crippen LogP contribution is -2.41. The zero-order valence-electron chi connectivity index (χ0n) is 11.1. The number of nitrogens with one attached hydrogen (secondary N) is 1. The molecule has 2 rings (SSSR count). The predicted octanol–water partition coefficient (Wildman–Crippen LogP) is 0.397. The minimum atomic E-state index is -2.86. The van der Waals surface area contributed by atoms with Gasteiger partial charge in [-0.2, -0.15) is 0 Å². The summed E-state index contributed by atoms with van der Waals surface area (Å²) in [4.78, 5) is 10.4. The molecule has 0 atom stereocenters. The molecular weight excluding hydrogens is 264 g/mol. The van der Waals surface area contributed by atoms with Gasteiger partial charge in [-0.25, -0.2) is 13.4 Å². The number of likely N-dealkylation sites (tertiary alicyclic amines) is 1. The van der Waals surface area contributed by atoms with Gasteiger partial charge in [0.15, 0.2) is 0 Å². The van der Waals surface area contributed by atoms with Gasteiger partial charge in [-0.3, -0.25) is 4.98 Å². The Hall–Kier alpha value is -1.21. The molecule has 0 aliphatic carbocycles. The molecule has 0 unspecified atom stereocenters. The Labute approximate surface area is 114 Å². The van der Waals surface area contributed by atoms with E-state index in [2.05, 4.69) is 20.2 Å². The first-order valence-electron chi connectivity index (χ1n) is 6.45. The lowest BCUT2D eigenvalue weighted by molar-refractivity contribution is 0.230. The van der Waals surface area contributed by atoms with Crippen LogP contribution < -0.4 is 5.32 Å². The molecule has 19 heavy (non-hydrogen) atoms. The molecule has 1 saturated heterocycles. The fraction of sp³-hybridized carbons (Fsp3) is 0.667. The minimum absolute atomic E-state index is 0.245. The molecule has 1 fully saturated rings. The topological polar surface area (TPSA) is 75.2 Å². The molecule has 0 spiro atoms. The van der Waals surface area contributed by atoms with E-state index in [-0.39, 0.29) is 5.75 Å². The second kappa shape index (κ2) is 6.29. The van der Waals surface area contributed by atoms with E-state index in [0.717, 1.165) is 31.7 Å². The fourth-order valence-electron chi connectivity index (χ4n) is 2.18. The number of rotatable bonds is 5. The van der Waals surface area contributed by atoms with Crippen LogP contribution in [0.15, 0.2) is 18.6 Å². The fourth-order valence-corrected chi connectivity index (χ4v) is 2.77. The Morgan fingerprint density at radius 3 is 2.68 bits per heavy atom. The van der Waals surface area contributed by atoms with Crippen LogP contribution in [-0.4, -0.2) is 61.0 Å². The maximum absolute atomic E-state index is 11.1. The van der Waals surface area contributed by atoms with Crippen molar-refractivity contribution in [2.45, 2.75) is 18.9 Å². The number of nitrogens with zero attached hydrogens (tertiary/aromatic N) is 3. The lowest BCUT2D eigenvalue weighted by atomic mass is 10.1. The highest BCUT2D eigenvalue weighted by Crippen LogP contribution is 2.14. The van der Waals surface area contributed by atoms with E-state index in [1.165, 1.54) is 6.26 Å². The van der Waals surface area contributed by atoms with Crippen molar-refractivity contribution in [3.63, 3.8) is 0 Å². The van der Waals surface area contributed by atoms with E-state index in [9.17, 15) is 8.42 Å². The van der Waals surface area contributed by atoms with Crippen molar-refractivity contribution in [3.05, 3.63) is 18.6 Å². The van der Waals surface area contributed by atoms with E-state index in [1.54, 1.807) is 18.6 Å². The molecule has 0 amide bonds. The first-order valence-corrected chi connectivity index (χ1v) is 8.51. The van der Waals surface area contributed by atoms with Gasteiger partial charge in [0.05, 0.1) is 11.9 Å². The molecule has 1 aromatic rings. The highest BCUT2D eigenvalue weighted by Gasteiger charge is 2.19. The van der Waals surface area contributed by atoms with E-state index in [4.69, 9.17) is 0 Å². The van der Waals surface area contributed by atoms with Gasteiger partial charge in [0.1, 0.15) is 15.7 Å². The number of aromatic nitrogens is 2. The smallest absolute Gasteiger partial charge is 0.148 e. The van der Waals surface area contributed by atoms with Crippen molar-refractivity contribution in [1.82, 2.24) is 14.9 Å². The third-order valence-corrected chi connectivity index (χ3v) is 4.21. The summed E-state index contributed by atoms with van der Waals surface area (Å²) in [7, 11) is -2.86. The lowest BCUT2D eigenvalue weighted by Gasteiger charge is -2.32. The Kier molecular flexibility index (Phi) is 4.71. The molecule has 1 N–H and O–H groups in total. The Balaban J connectivity index is 1.74. The summed E-state index contributed by atoms with van der Waals surface area (Å²) < 4.78 is 22.3. The van der Waals surface area contributed by atoms with E-state index < -0.39 is 9.84 Å². The van der Waals surface area contributed by atoms with Crippen LogP contribution in [0.2, 0.25) is 0 Å². The summed E-state index contributed by atoms with van der Waals surface area (Å²) in [6.45, 7) is 2.48. The van der Waals surface area contributed by atoms with Gasteiger partial charge in [-0.15, -0.1) is 0 Å². The van der Waals surface area contributed by atoms with Gasteiger partial charge in [0.25, 0.3) is 0 Å². The number of anilines is 1. The maximum atomic E-state index is 11.1. The highest BCUT2D eigenvalue weighted by molar-refractivity contribution is 7.90. The molecule has 0 saturated carbocycles. The summed E-state index contributed by atoms with van der Waals surface area (Å²) in [6.07, 6.45) is 8.33. The quantitative estimate of drug-likeness (QED) is 0.843. The number of sulfone groups is 1. The average molecular weight is 284 g/mol. The van der Waals surface area contributed by atoms with Crippen molar-refractivity contribution in [1.29, 1.82) is 0 Å². The molecule has 7 heteroatoms. The first-order chi connectivity index (χ1) is 9.03. The standard InChI is InChI=1S/C12H20N4O2S/c1-19(17,18)9-8-16-6-2-11(3-7-16)15-12-10-13-4-5-14-12/h4-5,10-11H,2-3,6-9H2,1H3,(H,14,15). The predicted molar refractivity (Wildman–Crippen MR) is 74.8 cm³/mol. The first kappa shape index (κ1) is 14.2. The van der Waals surface area contributed by atoms with Crippen molar-refractivity contribution < 1.29 is 8.42 Å². The van der Waals surface area contributed by atoms with E-state index in [0.29, 0.717) is 12.6 Å². The SMILES string of the molecule is CS(=O)(=O)CCN1CCC(Nc2cnccn2)CC1. The number of hydrogen-bond donors (Lipinski definition) is 1. The van der Waals surface area contributed by atoms with Crippen LogP contribution in [0, 0.1) is 0 Å². The summed E-state index contributed by atoms with van der Waals surface area (Å²) in [5, 5.41) is 3.36. The summed E-state index contributed by atoms with van der Waals surface area (Å²) in [5.74, 6) is 1.05. The van der Waals surface area contributed by atoms with Crippen LogP contribution in [0.5, 0.6) is 0 Å². The van der Waals surface area contributed by atoms with Gasteiger partial charge in [0.2, 0.25) is 0 Å². The largest absolute Gasteiger partial charge is 0.366 e. The van der Waals surface area contributed by atoms with E-state index in [1.807, 2.05) is 0 Å². The van der Waals surface area contributed by atoms with Gasteiger partial charge >= 0.3 is 0 Å². The summed E-state index contributed by atoms with van der Waals surface area (Å²) in [5.41, 5.74) is 0. The van der Waals surface area contributed by atoms with Gasteiger partial charge in [-0.1, -0.05) is 0 Å². The molecule has 2 heterocycles. The zero-order valence-corrected chi connectivity index (χ0v) is 11.9. The normalized spacial score (nSPS) is 18.4. The van der Waals surface area contributed by atoms with Gasteiger partial charge < -0.3 is 10.2 Å². The highest BCUT2D eigenvalue weighted by atomic mass is 32.2. The molecule has 6 nitrogen and oxygen atoms in total. The molecule has 1 aromatic heterocycles. The van der Waals surface area contributed by atoms with Crippen molar-refractivity contribution in [2.24, 2.45) is 0 Å². The van der Waals surface area contributed by atoms with Crippen LogP contribution >= 0.6 is 0 Å². The molecule has 0 aromatic carbocycles. The van der Waals surface area contributed by atoms with Gasteiger partial charge in [-0.05, 0) is 12.8 Å². The van der Waals surface area contributed by atoms with Crippen LogP contribution in [0.4, 0.5) is 5.82 Å². The van der Waals surface area contributed by atoms with Crippen LogP contribution in [0.25, 0.3) is 0 Å². The molecule has 0 radical (unpaired) electrons. The molecular formula is C12H20N4O2S. The average Bonchev–Trinajstić information content (AvgIpc) is 2.38. The molecule has 1 aliphatic heterocycles. The third-order valence-electron chi connectivity index (χ3n) is 3.28. The van der Waals surface area contributed by atoms with Gasteiger partial charge in [0, 0.05) is 44.3 Å². The Morgan fingerprint density at radius 2 is 2.11 bits per heavy atom. The third kappa shape index (κ3) is 5.12. The van der Waals surface area contributed by atoms with E-state index >= 15 is 0 Å². The number of hydrogen-bond acceptors (Lipinski definition) is 6. The van der Waals surface area contributed by atoms with Crippen molar-refractivity contribution in [2.75, 3.05) is 37.0 Å². The minimum Gasteiger partial charge on any atom is -0.366 e. The monoisotopic (exact) mass is 284 g/mol. The maximum Gasteiger partial charge on any atom is 0.148 e. The molecule has 106 valence electrons. The summed E-state index contributed by atoms with van der Waals surface area (Å²) in [6, 6.07) is 0.395. The summed E-state index contributed by atoms with van der Waals surface area (Å²) >= 11 is 0. The van der Waals surface area contributed by atoms with Crippen LogP contribution in [0.1, 0.15) is 12.8 Å². The van der Waals surface area contributed by atoms with Crippen molar-refractivity contribution >= 4 is 15.7 Å². The zero-order chi connectivity index (χ0) is 13.7.